The zero-order valence-electron chi connectivity index (χ0n) is 8.90. The van der Waals surface area contributed by atoms with Gasteiger partial charge >= 0.3 is 5.97 Å². The summed E-state index contributed by atoms with van der Waals surface area (Å²) in [5, 5.41) is 12.6. The van der Waals surface area contributed by atoms with Gasteiger partial charge in [-0.2, -0.15) is 0 Å². The fraction of sp³-hybridized carbons (Fsp3) is 0.0909. The van der Waals surface area contributed by atoms with Gasteiger partial charge in [0.1, 0.15) is 5.00 Å². The molecule has 0 aliphatic rings. The maximum atomic E-state index is 10.9. The van der Waals surface area contributed by atoms with Gasteiger partial charge in [0.25, 0.3) is 0 Å². The monoisotopic (exact) mass is 312 g/mol. The summed E-state index contributed by atoms with van der Waals surface area (Å²) < 4.78 is 0.937. The van der Waals surface area contributed by atoms with Gasteiger partial charge < -0.3 is 10.4 Å². The van der Waals surface area contributed by atoms with Gasteiger partial charge in [0.15, 0.2) is 5.69 Å². The Labute approximate surface area is 110 Å². The standard InChI is InChI=1S/C11H9BrN2O2S/c1-6-2-3-7(12)4-8(6)14-10-9(11(15)16)13-5-17-10/h2-5,14H,1H3,(H,15,16). The highest BCUT2D eigenvalue weighted by Gasteiger charge is 2.14. The highest BCUT2D eigenvalue weighted by atomic mass is 79.9. The van der Waals surface area contributed by atoms with E-state index in [0.717, 1.165) is 15.7 Å². The molecule has 6 heteroatoms. The van der Waals surface area contributed by atoms with Crippen LogP contribution < -0.4 is 5.32 Å². The van der Waals surface area contributed by atoms with E-state index in [1.165, 1.54) is 16.8 Å². The average Bonchev–Trinajstić information content (AvgIpc) is 2.71. The van der Waals surface area contributed by atoms with E-state index in [1.807, 2.05) is 25.1 Å². The predicted octanol–water partition coefficient (Wildman–Crippen LogP) is 3.66. The van der Waals surface area contributed by atoms with Crippen LogP contribution in [0.25, 0.3) is 0 Å². The Bertz CT molecular complexity index is 568. The average molecular weight is 313 g/mol. The first-order valence-electron chi connectivity index (χ1n) is 4.78. The van der Waals surface area contributed by atoms with Crippen molar-refractivity contribution in [3.63, 3.8) is 0 Å². The van der Waals surface area contributed by atoms with E-state index in [1.54, 1.807) is 0 Å². The van der Waals surface area contributed by atoms with Crippen molar-refractivity contribution < 1.29 is 9.90 Å². The molecule has 0 fully saturated rings. The predicted molar refractivity (Wildman–Crippen MR) is 71.2 cm³/mol. The molecule has 1 heterocycles. The maximum Gasteiger partial charge on any atom is 0.357 e. The zero-order chi connectivity index (χ0) is 12.4. The summed E-state index contributed by atoms with van der Waals surface area (Å²) in [7, 11) is 0. The van der Waals surface area contributed by atoms with Gasteiger partial charge in [-0.1, -0.05) is 22.0 Å². The zero-order valence-corrected chi connectivity index (χ0v) is 11.3. The molecule has 0 bridgehead atoms. The number of halogens is 1. The molecule has 2 N–H and O–H groups in total. The minimum absolute atomic E-state index is 0.0503. The fourth-order valence-electron chi connectivity index (χ4n) is 1.34. The van der Waals surface area contributed by atoms with Gasteiger partial charge in [-0.15, -0.1) is 11.3 Å². The van der Waals surface area contributed by atoms with Crippen LogP contribution in [-0.4, -0.2) is 16.1 Å². The summed E-state index contributed by atoms with van der Waals surface area (Å²) in [4.78, 5) is 14.7. The number of carboxylic acid groups (broad SMARTS) is 1. The molecular formula is C11H9BrN2O2S. The first kappa shape index (κ1) is 12.1. The van der Waals surface area contributed by atoms with Crippen LogP contribution in [0.5, 0.6) is 0 Å². The van der Waals surface area contributed by atoms with Gasteiger partial charge in [-0.3, -0.25) is 0 Å². The van der Waals surface area contributed by atoms with Crippen molar-refractivity contribution in [1.82, 2.24) is 4.98 Å². The molecule has 0 saturated heterocycles. The number of thiazole rings is 1. The minimum atomic E-state index is -1.03. The fourth-order valence-corrected chi connectivity index (χ4v) is 2.38. The molecule has 0 aliphatic heterocycles. The molecule has 88 valence electrons. The first-order chi connectivity index (χ1) is 8.08. The van der Waals surface area contributed by atoms with E-state index in [4.69, 9.17) is 5.11 Å². The topological polar surface area (TPSA) is 62.2 Å². The van der Waals surface area contributed by atoms with Crippen LogP contribution >= 0.6 is 27.3 Å². The molecule has 0 radical (unpaired) electrons. The number of aromatic nitrogens is 1. The van der Waals surface area contributed by atoms with E-state index in [-0.39, 0.29) is 5.69 Å². The second kappa shape index (κ2) is 4.85. The lowest BCUT2D eigenvalue weighted by molar-refractivity contribution is 0.0692. The Hall–Kier alpha value is -1.40. The third kappa shape index (κ3) is 2.65. The lowest BCUT2D eigenvalue weighted by Gasteiger charge is -2.08. The molecule has 2 aromatic rings. The summed E-state index contributed by atoms with van der Waals surface area (Å²) in [6, 6.07) is 5.79. The van der Waals surface area contributed by atoms with Gasteiger partial charge in [0.2, 0.25) is 0 Å². The van der Waals surface area contributed by atoms with Crippen LogP contribution in [0.4, 0.5) is 10.7 Å². The summed E-state index contributed by atoms with van der Waals surface area (Å²) in [6.07, 6.45) is 0. The van der Waals surface area contributed by atoms with Crippen LogP contribution in [0.3, 0.4) is 0 Å². The maximum absolute atomic E-state index is 10.9. The summed E-state index contributed by atoms with van der Waals surface area (Å²) in [5.74, 6) is -1.03. The normalized spacial score (nSPS) is 10.2. The number of anilines is 2. The van der Waals surface area contributed by atoms with Crippen LogP contribution in [-0.2, 0) is 0 Å². The van der Waals surface area contributed by atoms with Crippen LogP contribution in [0.2, 0.25) is 0 Å². The van der Waals surface area contributed by atoms with Crippen molar-refractivity contribution in [3.8, 4) is 0 Å². The van der Waals surface area contributed by atoms with E-state index in [9.17, 15) is 4.79 Å². The SMILES string of the molecule is Cc1ccc(Br)cc1Nc1scnc1C(=O)O. The number of nitrogens with one attached hydrogen (secondary N) is 1. The van der Waals surface area contributed by atoms with Gasteiger partial charge in [-0.25, -0.2) is 9.78 Å². The molecular weight excluding hydrogens is 304 g/mol. The van der Waals surface area contributed by atoms with Crippen molar-refractivity contribution in [1.29, 1.82) is 0 Å². The molecule has 2 rings (SSSR count). The molecule has 1 aromatic carbocycles. The smallest absolute Gasteiger partial charge is 0.357 e. The largest absolute Gasteiger partial charge is 0.476 e. The number of aryl methyl sites for hydroxylation is 1. The lowest BCUT2D eigenvalue weighted by Crippen LogP contribution is -2.01. The first-order valence-corrected chi connectivity index (χ1v) is 6.45. The van der Waals surface area contributed by atoms with Gasteiger partial charge in [0, 0.05) is 10.2 Å². The molecule has 0 atom stereocenters. The van der Waals surface area contributed by atoms with E-state index in [0.29, 0.717) is 5.00 Å². The lowest BCUT2D eigenvalue weighted by atomic mass is 10.2. The van der Waals surface area contributed by atoms with Gasteiger partial charge in [-0.05, 0) is 24.6 Å². The number of carbonyl (C=O) groups is 1. The minimum Gasteiger partial charge on any atom is -0.476 e. The highest BCUT2D eigenvalue weighted by molar-refractivity contribution is 9.10. The molecule has 0 aliphatic carbocycles. The molecule has 4 nitrogen and oxygen atoms in total. The van der Waals surface area contributed by atoms with Crippen LogP contribution in [0, 0.1) is 6.92 Å². The molecule has 0 saturated carbocycles. The third-order valence-electron chi connectivity index (χ3n) is 2.22. The summed E-state index contributed by atoms with van der Waals surface area (Å²) >= 11 is 4.65. The Morgan fingerprint density at radius 2 is 2.29 bits per heavy atom. The van der Waals surface area contributed by atoms with Crippen LogP contribution in [0.1, 0.15) is 16.1 Å². The van der Waals surface area contributed by atoms with Crippen molar-refractivity contribution in [3.05, 3.63) is 39.4 Å². The van der Waals surface area contributed by atoms with E-state index < -0.39 is 5.97 Å². The number of benzene rings is 1. The molecule has 17 heavy (non-hydrogen) atoms. The molecule has 0 unspecified atom stereocenters. The van der Waals surface area contributed by atoms with Crippen molar-refractivity contribution in [2.24, 2.45) is 0 Å². The number of aromatic carboxylic acids is 1. The number of nitrogens with zero attached hydrogens (tertiary/aromatic N) is 1. The highest BCUT2D eigenvalue weighted by Crippen LogP contribution is 2.28. The second-order valence-electron chi connectivity index (χ2n) is 3.42. The number of hydrogen-bond donors (Lipinski definition) is 2. The van der Waals surface area contributed by atoms with E-state index >= 15 is 0 Å². The quantitative estimate of drug-likeness (QED) is 0.908. The van der Waals surface area contributed by atoms with Crippen molar-refractivity contribution >= 4 is 43.9 Å². The number of carboxylic acids is 1. The number of hydrogen-bond acceptors (Lipinski definition) is 4. The van der Waals surface area contributed by atoms with Crippen molar-refractivity contribution in [2.75, 3.05) is 5.32 Å². The van der Waals surface area contributed by atoms with E-state index in [2.05, 4.69) is 26.2 Å². The second-order valence-corrected chi connectivity index (χ2v) is 5.19. The molecule has 0 spiro atoms. The number of rotatable bonds is 3. The summed E-state index contributed by atoms with van der Waals surface area (Å²) in [6.45, 7) is 1.95. The Morgan fingerprint density at radius 1 is 1.53 bits per heavy atom. The molecule has 1 aromatic heterocycles. The summed E-state index contributed by atoms with van der Waals surface area (Å²) in [5.41, 5.74) is 3.47. The van der Waals surface area contributed by atoms with Crippen LogP contribution in [0.15, 0.2) is 28.2 Å². The van der Waals surface area contributed by atoms with Gasteiger partial charge in [0.05, 0.1) is 5.51 Å². The van der Waals surface area contributed by atoms with Crippen molar-refractivity contribution in [2.45, 2.75) is 6.92 Å². The third-order valence-corrected chi connectivity index (χ3v) is 3.45. The Balaban J connectivity index is 2.34. The molecule has 0 amide bonds. The Kier molecular flexibility index (Phi) is 3.44. The Morgan fingerprint density at radius 3 is 3.00 bits per heavy atom.